The van der Waals surface area contributed by atoms with Crippen LogP contribution < -0.4 is 10.6 Å². The molecule has 0 amide bonds. The Morgan fingerprint density at radius 2 is 2.13 bits per heavy atom. The fraction of sp³-hybridized carbons (Fsp3) is 0.778. The van der Waals surface area contributed by atoms with Crippen molar-refractivity contribution in [3.63, 3.8) is 0 Å². The van der Waals surface area contributed by atoms with Gasteiger partial charge in [-0.2, -0.15) is 4.98 Å². The van der Waals surface area contributed by atoms with Crippen molar-refractivity contribution < 1.29 is 9.26 Å². The van der Waals surface area contributed by atoms with Crippen LogP contribution in [0.15, 0.2) is 4.52 Å². The second-order valence-electron chi connectivity index (χ2n) is 3.00. The summed E-state index contributed by atoms with van der Waals surface area (Å²) < 4.78 is 10.2. The van der Waals surface area contributed by atoms with Gasteiger partial charge in [-0.3, -0.25) is 0 Å². The van der Waals surface area contributed by atoms with E-state index in [0.717, 1.165) is 13.1 Å². The predicted octanol–water partition coefficient (Wildman–Crippen LogP) is 0.391. The minimum absolute atomic E-state index is 0.325. The molecule has 1 rings (SSSR count). The smallest absolute Gasteiger partial charge is 0.266 e. The van der Waals surface area contributed by atoms with E-state index in [-0.39, 0.29) is 0 Å². The van der Waals surface area contributed by atoms with Crippen LogP contribution in [0.1, 0.15) is 19.7 Å². The van der Waals surface area contributed by atoms with Gasteiger partial charge in [0, 0.05) is 19.6 Å². The molecule has 15 heavy (non-hydrogen) atoms. The predicted molar refractivity (Wildman–Crippen MR) is 56.6 cm³/mol. The first-order chi connectivity index (χ1) is 7.31. The molecule has 0 saturated carbocycles. The zero-order valence-electron chi connectivity index (χ0n) is 9.27. The van der Waals surface area contributed by atoms with E-state index < -0.39 is 0 Å². The van der Waals surface area contributed by atoms with Gasteiger partial charge in [0.1, 0.15) is 6.61 Å². The molecule has 0 radical (unpaired) electrons. The number of aromatic nitrogens is 2. The number of hydrogen-bond acceptors (Lipinski definition) is 6. The SMILES string of the molecule is CCN(CC)c1noc(COCCN)n1. The highest BCUT2D eigenvalue weighted by Crippen LogP contribution is 2.08. The van der Waals surface area contributed by atoms with Gasteiger partial charge in [-0.15, -0.1) is 0 Å². The standard InChI is InChI=1S/C9H18N4O2/c1-3-13(4-2)9-11-8(15-12-9)7-14-6-5-10/h3-7,10H2,1-2H3. The highest BCUT2D eigenvalue weighted by molar-refractivity contribution is 5.26. The van der Waals surface area contributed by atoms with Crippen LogP contribution in [0.25, 0.3) is 0 Å². The third-order valence-electron chi connectivity index (χ3n) is 1.99. The highest BCUT2D eigenvalue weighted by atomic mass is 16.5. The van der Waals surface area contributed by atoms with Crippen molar-refractivity contribution in [2.45, 2.75) is 20.5 Å². The average molecular weight is 214 g/mol. The van der Waals surface area contributed by atoms with E-state index in [4.69, 9.17) is 15.0 Å². The lowest BCUT2D eigenvalue weighted by atomic mass is 10.5. The summed E-state index contributed by atoms with van der Waals surface area (Å²) in [6, 6.07) is 0. The van der Waals surface area contributed by atoms with Crippen LogP contribution in [0.2, 0.25) is 0 Å². The van der Waals surface area contributed by atoms with E-state index in [0.29, 0.717) is 31.6 Å². The maximum atomic E-state index is 5.29. The van der Waals surface area contributed by atoms with Gasteiger partial charge in [0.05, 0.1) is 6.61 Å². The van der Waals surface area contributed by atoms with Crippen LogP contribution in [-0.4, -0.2) is 36.4 Å². The normalized spacial score (nSPS) is 10.6. The number of hydrogen-bond donors (Lipinski definition) is 1. The summed E-state index contributed by atoms with van der Waals surface area (Å²) in [6.45, 7) is 7.14. The molecule has 0 bridgehead atoms. The molecular weight excluding hydrogens is 196 g/mol. The Morgan fingerprint density at radius 1 is 1.40 bits per heavy atom. The van der Waals surface area contributed by atoms with E-state index >= 15 is 0 Å². The molecule has 0 unspecified atom stereocenters. The van der Waals surface area contributed by atoms with Crippen molar-refractivity contribution in [1.82, 2.24) is 10.1 Å². The molecule has 2 N–H and O–H groups in total. The summed E-state index contributed by atoms with van der Waals surface area (Å²) >= 11 is 0. The van der Waals surface area contributed by atoms with Gasteiger partial charge in [-0.05, 0) is 19.0 Å². The summed E-state index contributed by atoms with van der Waals surface area (Å²) in [5.74, 6) is 1.11. The number of nitrogens with zero attached hydrogens (tertiary/aromatic N) is 3. The summed E-state index contributed by atoms with van der Waals surface area (Å²) in [5, 5.41) is 3.87. The molecule has 0 aliphatic carbocycles. The van der Waals surface area contributed by atoms with E-state index in [1.54, 1.807) is 0 Å². The van der Waals surface area contributed by atoms with Gasteiger partial charge < -0.3 is 19.9 Å². The first-order valence-electron chi connectivity index (χ1n) is 5.17. The molecule has 0 aliphatic heterocycles. The molecule has 0 saturated heterocycles. The van der Waals surface area contributed by atoms with E-state index in [2.05, 4.69) is 10.1 Å². The van der Waals surface area contributed by atoms with E-state index in [1.165, 1.54) is 0 Å². The largest absolute Gasteiger partial charge is 0.370 e. The van der Waals surface area contributed by atoms with Gasteiger partial charge in [-0.1, -0.05) is 0 Å². The molecular formula is C9H18N4O2. The van der Waals surface area contributed by atoms with Gasteiger partial charge in [0.25, 0.3) is 11.8 Å². The Balaban J connectivity index is 2.47. The minimum Gasteiger partial charge on any atom is -0.370 e. The van der Waals surface area contributed by atoms with Crippen molar-refractivity contribution in [1.29, 1.82) is 0 Å². The monoisotopic (exact) mass is 214 g/mol. The van der Waals surface area contributed by atoms with Crippen LogP contribution in [0.3, 0.4) is 0 Å². The molecule has 0 aliphatic rings. The molecule has 0 atom stereocenters. The van der Waals surface area contributed by atoms with Gasteiger partial charge in [-0.25, -0.2) is 0 Å². The molecule has 1 heterocycles. The second-order valence-corrected chi connectivity index (χ2v) is 3.00. The summed E-state index contributed by atoms with van der Waals surface area (Å²) in [4.78, 5) is 6.22. The minimum atomic E-state index is 0.325. The Morgan fingerprint density at radius 3 is 2.73 bits per heavy atom. The first-order valence-corrected chi connectivity index (χ1v) is 5.17. The maximum Gasteiger partial charge on any atom is 0.266 e. The fourth-order valence-corrected chi connectivity index (χ4v) is 1.18. The fourth-order valence-electron chi connectivity index (χ4n) is 1.18. The van der Waals surface area contributed by atoms with E-state index in [9.17, 15) is 0 Å². The summed E-state index contributed by atoms with van der Waals surface area (Å²) in [7, 11) is 0. The average Bonchev–Trinajstić information content (AvgIpc) is 2.69. The van der Waals surface area contributed by atoms with Crippen molar-refractivity contribution in [3.8, 4) is 0 Å². The maximum absolute atomic E-state index is 5.29. The van der Waals surface area contributed by atoms with E-state index in [1.807, 2.05) is 18.7 Å². The molecule has 1 aromatic heterocycles. The van der Waals surface area contributed by atoms with Crippen molar-refractivity contribution in [3.05, 3.63) is 5.89 Å². The summed E-state index contributed by atoms with van der Waals surface area (Å²) in [5.41, 5.74) is 5.29. The quantitative estimate of drug-likeness (QED) is 0.662. The topological polar surface area (TPSA) is 77.4 Å². The van der Waals surface area contributed by atoms with Crippen LogP contribution >= 0.6 is 0 Å². The van der Waals surface area contributed by atoms with Crippen LogP contribution in [-0.2, 0) is 11.3 Å². The van der Waals surface area contributed by atoms with Crippen LogP contribution in [0.5, 0.6) is 0 Å². The molecule has 6 heteroatoms. The number of rotatable bonds is 7. The zero-order chi connectivity index (χ0) is 11.1. The Kier molecular flexibility index (Phi) is 5.06. The number of nitrogens with two attached hydrogens (primary N) is 1. The number of ether oxygens (including phenoxy) is 1. The second kappa shape index (κ2) is 6.36. The van der Waals surface area contributed by atoms with Crippen LogP contribution in [0.4, 0.5) is 5.95 Å². The number of anilines is 1. The molecule has 1 aromatic rings. The Hall–Kier alpha value is -1.14. The van der Waals surface area contributed by atoms with Crippen LogP contribution in [0, 0.1) is 0 Å². The third kappa shape index (κ3) is 3.49. The first kappa shape index (κ1) is 11.9. The zero-order valence-corrected chi connectivity index (χ0v) is 9.27. The lowest BCUT2D eigenvalue weighted by Crippen LogP contribution is -2.23. The third-order valence-corrected chi connectivity index (χ3v) is 1.99. The Labute approximate surface area is 89.4 Å². The molecule has 6 nitrogen and oxygen atoms in total. The van der Waals surface area contributed by atoms with Gasteiger partial charge >= 0.3 is 0 Å². The van der Waals surface area contributed by atoms with Gasteiger partial charge in [0.15, 0.2) is 0 Å². The van der Waals surface area contributed by atoms with Crippen molar-refractivity contribution >= 4 is 5.95 Å². The Bertz CT molecular complexity index is 273. The molecule has 0 fully saturated rings. The van der Waals surface area contributed by atoms with Crippen molar-refractivity contribution in [2.24, 2.45) is 5.73 Å². The van der Waals surface area contributed by atoms with Crippen molar-refractivity contribution in [2.75, 3.05) is 31.1 Å². The summed E-state index contributed by atoms with van der Waals surface area (Å²) in [6.07, 6.45) is 0. The molecule has 0 aromatic carbocycles. The molecule has 86 valence electrons. The van der Waals surface area contributed by atoms with Gasteiger partial charge in [0.2, 0.25) is 0 Å². The molecule has 0 spiro atoms. The highest BCUT2D eigenvalue weighted by Gasteiger charge is 2.10. The lowest BCUT2D eigenvalue weighted by Gasteiger charge is -2.14. The lowest BCUT2D eigenvalue weighted by molar-refractivity contribution is 0.104.